The number of rotatable bonds is 2. The van der Waals surface area contributed by atoms with Crippen LogP contribution < -0.4 is 10.6 Å². The van der Waals surface area contributed by atoms with Gasteiger partial charge in [-0.1, -0.05) is 0 Å². The third-order valence-corrected chi connectivity index (χ3v) is 3.39. The maximum absolute atomic E-state index is 11.4. The van der Waals surface area contributed by atoms with Crippen LogP contribution in [0, 0.1) is 0 Å². The number of hydrogen-bond acceptors (Lipinski definition) is 4. The Kier molecular flexibility index (Phi) is 4.15. The summed E-state index contributed by atoms with van der Waals surface area (Å²) in [5.74, 6) is 0.155. The molecular formula is C13H20N4O. The molecule has 1 saturated heterocycles. The number of anilines is 1. The molecule has 5 nitrogen and oxygen atoms in total. The van der Waals surface area contributed by atoms with E-state index < -0.39 is 0 Å². The van der Waals surface area contributed by atoms with E-state index >= 15 is 0 Å². The van der Waals surface area contributed by atoms with Gasteiger partial charge in [0, 0.05) is 45.8 Å². The van der Waals surface area contributed by atoms with Crippen molar-refractivity contribution in [3.05, 3.63) is 24.0 Å². The number of aromatic nitrogens is 1. The topological polar surface area (TPSA) is 62.5 Å². The van der Waals surface area contributed by atoms with E-state index in [0.717, 1.165) is 43.9 Å². The molecule has 0 radical (unpaired) electrons. The highest BCUT2D eigenvalue weighted by Gasteiger charge is 2.18. The first kappa shape index (κ1) is 12.8. The summed E-state index contributed by atoms with van der Waals surface area (Å²) < 4.78 is 0. The SMILES string of the molecule is CC(=O)N1CCCN(c2cnccc2CN)CC1. The molecule has 0 atom stereocenters. The number of carbonyl (C=O) groups excluding carboxylic acids is 1. The third kappa shape index (κ3) is 2.79. The molecule has 1 aromatic heterocycles. The monoisotopic (exact) mass is 248 g/mol. The second kappa shape index (κ2) is 5.82. The second-order valence-electron chi connectivity index (χ2n) is 4.56. The van der Waals surface area contributed by atoms with Crippen LogP contribution in [0.3, 0.4) is 0 Å². The molecule has 1 fully saturated rings. The molecule has 0 aliphatic carbocycles. The van der Waals surface area contributed by atoms with Crippen molar-refractivity contribution < 1.29 is 4.79 Å². The van der Waals surface area contributed by atoms with Gasteiger partial charge in [0.15, 0.2) is 0 Å². The molecule has 1 aromatic rings. The Bertz CT molecular complexity index is 421. The normalized spacial score (nSPS) is 16.6. The van der Waals surface area contributed by atoms with Crippen molar-refractivity contribution in [1.82, 2.24) is 9.88 Å². The highest BCUT2D eigenvalue weighted by Crippen LogP contribution is 2.20. The van der Waals surface area contributed by atoms with E-state index in [2.05, 4.69) is 9.88 Å². The Hall–Kier alpha value is -1.62. The molecule has 0 spiro atoms. The number of hydrogen-bond donors (Lipinski definition) is 1. The Labute approximate surface area is 108 Å². The van der Waals surface area contributed by atoms with Crippen molar-refractivity contribution in [2.75, 3.05) is 31.1 Å². The maximum Gasteiger partial charge on any atom is 0.219 e. The molecule has 1 amide bonds. The van der Waals surface area contributed by atoms with Crippen LogP contribution in [0.4, 0.5) is 5.69 Å². The van der Waals surface area contributed by atoms with Gasteiger partial charge in [-0.05, 0) is 18.1 Å². The standard InChI is InChI=1S/C13H20N4O/c1-11(18)16-5-2-6-17(8-7-16)13-10-15-4-3-12(13)9-14/h3-4,10H,2,5-9,14H2,1H3. The van der Waals surface area contributed by atoms with Crippen molar-refractivity contribution in [1.29, 1.82) is 0 Å². The first-order valence-electron chi connectivity index (χ1n) is 6.36. The van der Waals surface area contributed by atoms with E-state index in [1.165, 1.54) is 0 Å². The zero-order valence-electron chi connectivity index (χ0n) is 10.8. The Morgan fingerprint density at radius 1 is 1.39 bits per heavy atom. The summed E-state index contributed by atoms with van der Waals surface area (Å²) >= 11 is 0. The van der Waals surface area contributed by atoms with Crippen LogP contribution in [-0.4, -0.2) is 42.0 Å². The van der Waals surface area contributed by atoms with E-state index in [1.54, 1.807) is 13.1 Å². The zero-order chi connectivity index (χ0) is 13.0. The van der Waals surface area contributed by atoms with Crippen LogP contribution >= 0.6 is 0 Å². The van der Waals surface area contributed by atoms with E-state index in [0.29, 0.717) is 6.54 Å². The first-order chi connectivity index (χ1) is 8.72. The molecular weight excluding hydrogens is 228 g/mol. The van der Waals surface area contributed by atoms with Gasteiger partial charge in [0.25, 0.3) is 0 Å². The summed E-state index contributed by atoms with van der Waals surface area (Å²) in [4.78, 5) is 19.7. The van der Waals surface area contributed by atoms with E-state index in [1.807, 2.05) is 17.2 Å². The summed E-state index contributed by atoms with van der Waals surface area (Å²) in [6, 6.07) is 1.96. The van der Waals surface area contributed by atoms with Crippen LogP contribution in [0.1, 0.15) is 18.9 Å². The van der Waals surface area contributed by atoms with Crippen LogP contribution in [-0.2, 0) is 11.3 Å². The first-order valence-corrected chi connectivity index (χ1v) is 6.36. The fourth-order valence-corrected chi connectivity index (χ4v) is 2.35. The van der Waals surface area contributed by atoms with Gasteiger partial charge in [-0.3, -0.25) is 9.78 Å². The average molecular weight is 248 g/mol. The minimum atomic E-state index is 0.155. The predicted octanol–water partition coefficient (Wildman–Crippen LogP) is 0.599. The molecule has 2 N–H and O–H groups in total. The lowest BCUT2D eigenvalue weighted by Crippen LogP contribution is -2.34. The van der Waals surface area contributed by atoms with E-state index in [-0.39, 0.29) is 5.91 Å². The highest BCUT2D eigenvalue weighted by atomic mass is 16.2. The minimum absolute atomic E-state index is 0.155. The number of nitrogens with two attached hydrogens (primary N) is 1. The Balaban J connectivity index is 2.12. The minimum Gasteiger partial charge on any atom is -0.368 e. The number of nitrogens with zero attached hydrogens (tertiary/aromatic N) is 3. The van der Waals surface area contributed by atoms with Gasteiger partial charge >= 0.3 is 0 Å². The van der Waals surface area contributed by atoms with Crippen molar-refractivity contribution in [2.45, 2.75) is 19.9 Å². The smallest absolute Gasteiger partial charge is 0.219 e. The largest absolute Gasteiger partial charge is 0.368 e. The van der Waals surface area contributed by atoms with Crippen molar-refractivity contribution in [3.63, 3.8) is 0 Å². The third-order valence-electron chi connectivity index (χ3n) is 3.39. The molecule has 5 heteroatoms. The second-order valence-corrected chi connectivity index (χ2v) is 4.56. The van der Waals surface area contributed by atoms with Crippen LogP contribution in [0.15, 0.2) is 18.5 Å². The fourth-order valence-electron chi connectivity index (χ4n) is 2.35. The van der Waals surface area contributed by atoms with Crippen LogP contribution in [0.25, 0.3) is 0 Å². The molecule has 0 aromatic carbocycles. The van der Waals surface area contributed by atoms with Gasteiger partial charge in [-0.15, -0.1) is 0 Å². The van der Waals surface area contributed by atoms with Gasteiger partial charge in [0.1, 0.15) is 0 Å². The molecule has 0 saturated carbocycles. The molecule has 1 aliphatic heterocycles. The van der Waals surface area contributed by atoms with E-state index in [9.17, 15) is 4.79 Å². The Morgan fingerprint density at radius 2 is 2.22 bits per heavy atom. The molecule has 98 valence electrons. The highest BCUT2D eigenvalue weighted by molar-refractivity contribution is 5.73. The zero-order valence-corrected chi connectivity index (χ0v) is 10.8. The molecule has 1 aliphatic rings. The van der Waals surface area contributed by atoms with Crippen molar-refractivity contribution in [3.8, 4) is 0 Å². The fraction of sp³-hybridized carbons (Fsp3) is 0.538. The predicted molar refractivity (Wildman–Crippen MR) is 71.2 cm³/mol. The maximum atomic E-state index is 11.4. The summed E-state index contributed by atoms with van der Waals surface area (Å²) in [7, 11) is 0. The summed E-state index contributed by atoms with van der Waals surface area (Å²) in [6.45, 7) is 5.55. The lowest BCUT2D eigenvalue weighted by atomic mass is 10.2. The van der Waals surface area contributed by atoms with Gasteiger partial charge in [-0.25, -0.2) is 0 Å². The summed E-state index contributed by atoms with van der Waals surface area (Å²) in [5, 5.41) is 0. The van der Waals surface area contributed by atoms with Crippen LogP contribution in [0.5, 0.6) is 0 Å². The summed E-state index contributed by atoms with van der Waals surface area (Å²) in [6.07, 6.45) is 4.62. The molecule has 2 rings (SSSR count). The van der Waals surface area contributed by atoms with Crippen molar-refractivity contribution in [2.24, 2.45) is 5.73 Å². The van der Waals surface area contributed by atoms with Crippen molar-refractivity contribution >= 4 is 11.6 Å². The molecule has 0 bridgehead atoms. The quantitative estimate of drug-likeness (QED) is 0.832. The molecule has 0 unspecified atom stereocenters. The van der Waals surface area contributed by atoms with Crippen LogP contribution in [0.2, 0.25) is 0 Å². The Morgan fingerprint density at radius 3 is 2.94 bits per heavy atom. The van der Waals surface area contributed by atoms with Gasteiger partial charge in [0.2, 0.25) is 5.91 Å². The molecule has 2 heterocycles. The number of carbonyl (C=O) groups is 1. The average Bonchev–Trinajstić information content (AvgIpc) is 2.64. The van der Waals surface area contributed by atoms with Gasteiger partial charge < -0.3 is 15.5 Å². The number of amides is 1. The van der Waals surface area contributed by atoms with Gasteiger partial charge in [0.05, 0.1) is 11.9 Å². The number of pyridine rings is 1. The van der Waals surface area contributed by atoms with E-state index in [4.69, 9.17) is 5.73 Å². The lowest BCUT2D eigenvalue weighted by molar-refractivity contribution is -0.128. The molecule has 18 heavy (non-hydrogen) atoms. The lowest BCUT2D eigenvalue weighted by Gasteiger charge is -2.25. The summed E-state index contributed by atoms with van der Waals surface area (Å²) in [5.41, 5.74) is 7.97. The van der Waals surface area contributed by atoms with Gasteiger partial charge in [-0.2, -0.15) is 0 Å².